The fraction of sp³-hybridized carbons (Fsp3) is 0.308. The molecule has 1 aromatic carbocycles. The van der Waals surface area contributed by atoms with E-state index in [1.165, 1.54) is 17.4 Å². The van der Waals surface area contributed by atoms with Crippen LogP contribution in [0.2, 0.25) is 0 Å². The first-order valence-corrected chi connectivity index (χ1v) is 7.00. The van der Waals surface area contributed by atoms with Gasteiger partial charge in [-0.3, -0.25) is 10.1 Å². The Morgan fingerprint density at radius 3 is 2.80 bits per heavy atom. The molecule has 0 bridgehead atoms. The van der Waals surface area contributed by atoms with Gasteiger partial charge in [0.2, 0.25) is 5.13 Å². The second-order valence-corrected chi connectivity index (χ2v) is 5.25. The predicted molar refractivity (Wildman–Crippen MR) is 72.8 cm³/mol. The highest BCUT2D eigenvalue weighted by Gasteiger charge is 2.12. The molecule has 1 N–H and O–H groups in total. The molecule has 0 radical (unpaired) electrons. The van der Waals surface area contributed by atoms with E-state index in [0.717, 1.165) is 36.4 Å². The summed E-state index contributed by atoms with van der Waals surface area (Å²) in [5, 5.41) is 11.5. The molecule has 0 spiro atoms. The van der Waals surface area contributed by atoms with Crippen molar-refractivity contribution in [3.8, 4) is 0 Å². The van der Waals surface area contributed by atoms with Crippen molar-refractivity contribution < 1.29 is 13.6 Å². The topological polar surface area (TPSA) is 54.9 Å². The number of halogens is 2. The van der Waals surface area contributed by atoms with Crippen LogP contribution < -0.4 is 5.32 Å². The number of nitrogens with one attached hydrogen (secondary N) is 1. The van der Waals surface area contributed by atoms with Crippen LogP contribution in [0.25, 0.3) is 0 Å². The van der Waals surface area contributed by atoms with E-state index in [2.05, 4.69) is 22.4 Å². The summed E-state index contributed by atoms with van der Waals surface area (Å²) in [7, 11) is 0. The summed E-state index contributed by atoms with van der Waals surface area (Å²) in [4.78, 5) is 11.8. The zero-order chi connectivity index (χ0) is 14.5. The third kappa shape index (κ3) is 3.57. The van der Waals surface area contributed by atoms with Crippen molar-refractivity contribution in [1.82, 2.24) is 10.2 Å². The lowest BCUT2D eigenvalue weighted by Crippen LogP contribution is -2.12. The number of nitrogens with zero attached hydrogens (tertiary/aromatic N) is 2. The van der Waals surface area contributed by atoms with Crippen LogP contribution in [0.1, 0.15) is 35.1 Å². The van der Waals surface area contributed by atoms with E-state index in [1.807, 2.05) is 0 Å². The van der Waals surface area contributed by atoms with Gasteiger partial charge < -0.3 is 0 Å². The van der Waals surface area contributed by atoms with Crippen LogP contribution >= 0.6 is 11.3 Å². The van der Waals surface area contributed by atoms with Crippen molar-refractivity contribution in [3.63, 3.8) is 0 Å². The first kappa shape index (κ1) is 14.5. The Bertz CT molecular complexity index is 615. The van der Waals surface area contributed by atoms with Crippen LogP contribution in [0, 0.1) is 11.6 Å². The summed E-state index contributed by atoms with van der Waals surface area (Å²) >= 11 is 1.28. The average molecular weight is 297 g/mol. The average Bonchev–Trinajstić information content (AvgIpc) is 2.87. The Morgan fingerprint density at radius 2 is 2.10 bits per heavy atom. The molecular formula is C13H13F2N3OS. The number of aryl methyl sites for hydroxylation is 1. The Morgan fingerprint density at radius 1 is 1.30 bits per heavy atom. The van der Waals surface area contributed by atoms with E-state index < -0.39 is 17.5 Å². The monoisotopic (exact) mass is 297 g/mol. The summed E-state index contributed by atoms with van der Waals surface area (Å²) < 4.78 is 25.8. The van der Waals surface area contributed by atoms with Gasteiger partial charge in [-0.2, -0.15) is 0 Å². The summed E-state index contributed by atoms with van der Waals surface area (Å²) in [6.45, 7) is 2.08. The Labute approximate surface area is 118 Å². The highest BCUT2D eigenvalue weighted by atomic mass is 32.1. The standard InChI is InChI=1S/C13H13F2N3OS/c1-2-3-4-11-17-18-13(20-11)16-12(19)8-5-6-9(14)10(15)7-8/h5-7H,2-4H2,1H3,(H,16,18,19). The molecule has 0 aliphatic rings. The molecule has 0 atom stereocenters. The van der Waals surface area contributed by atoms with Crippen LogP contribution in [0.4, 0.5) is 13.9 Å². The van der Waals surface area contributed by atoms with Crippen LogP contribution in [0.5, 0.6) is 0 Å². The zero-order valence-corrected chi connectivity index (χ0v) is 11.6. The molecule has 0 saturated heterocycles. The third-order valence-corrected chi connectivity index (χ3v) is 3.51. The maximum atomic E-state index is 13.0. The number of aromatic nitrogens is 2. The molecule has 0 saturated carbocycles. The quantitative estimate of drug-likeness (QED) is 0.920. The first-order valence-electron chi connectivity index (χ1n) is 6.19. The van der Waals surface area contributed by atoms with Crippen molar-refractivity contribution in [2.24, 2.45) is 0 Å². The molecule has 4 nitrogen and oxygen atoms in total. The lowest BCUT2D eigenvalue weighted by Gasteiger charge is -2.01. The number of carbonyl (C=O) groups excluding carboxylic acids is 1. The van der Waals surface area contributed by atoms with Gasteiger partial charge in [0.15, 0.2) is 11.6 Å². The predicted octanol–water partition coefficient (Wildman–Crippen LogP) is 3.41. The number of benzene rings is 1. The van der Waals surface area contributed by atoms with Gasteiger partial charge in [-0.15, -0.1) is 10.2 Å². The summed E-state index contributed by atoms with van der Waals surface area (Å²) in [6, 6.07) is 2.98. The lowest BCUT2D eigenvalue weighted by molar-refractivity contribution is 0.102. The molecule has 2 rings (SSSR count). The van der Waals surface area contributed by atoms with Gasteiger partial charge >= 0.3 is 0 Å². The highest BCUT2D eigenvalue weighted by molar-refractivity contribution is 7.15. The number of amides is 1. The number of unbranched alkanes of at least 4 members (excludes halogenated alkanes) is 1. The molecule has 0 unspecified atom stereocenters. The second kappa shape index (κ2) is 6.51. The molecule has 1 amide bonds. The van der Waals surface area contributed by atoms with E-state index in [4.69, 9.17) is 0 Å². The van der Waals surface area contributed by atoms with Crippen molar-refractivity contribution >= 4 is 22.4 Å². The lowest BCUT2D eigenvalue weighted by atomic mass is 10.2. The van der Waals surface area contributed by atoms with Gasteiger partial charge in [0.05, 0.1) is 0 Å². The molecular weight excluding hydrogens is 284 g/mol. The van der Waals surface area contributed by atoms with Crippen LogP contribution in [0.15, 0.2) is 18.2 Å². The number of hydrogen-bond acceptors (Lipinski definition) is 4. The molecule has 20 heavy (non-hydrogen) atoms. The largest absolute Gasteiger partial charge is 0.296 e. The van der Waals surface area contributed by atoms with Crippen molar-refractivity contribution in [2.45, 2.75) is 26.2 Å². The summed E-state index contributed by atoms with van der Waals surface area (Å²) in [5.41, 5.74) is 0.0363. The zero-order valence-electron chi connectivity index (χ0n) is 10.8. The van der Waals surface area contributed by atoms with Gasteiger partial charge in [0.1, 0.15) is 5.01 Å². The Hall–Kier alpha value is -1.89. The van der Waals surface area contributed by atoms with Gasteiger partial charge in [0.25, 0.3) is 5.91 Å². The van der Waals surface area contributed by atoms with E-state index in [1.54, 1.807) is 0 Å². The number of anilines is 1. The number of carbonyl (C=O) groups is 1. The molecule has 1 heterocycles. The fourth-order valence-electron chi connectivity index (χ4n) is 1.54. The Kier molecular flexibility index (Phi) is 4.73. The molecule has 0 fully saturated rings. The van der Waals surface area contributed by atoms with Gasteiger partial charge in [0, 0.05) is 12.0 Å². The minimum absolute atomic E-state index is 0.0363. The third-order valence-electron chi connectivity index (χ3n) is 2.61. The maximum absolute atomic E-state index is 13.0. The molecule has 2 aromatic rings. The smallest absolute Gasteiger partial charge is 0.257 e. The van der Waals surface area contributed by atoms with E-state index in [9.17, 15) is 13.6 Å². The van der Waals surface area contributed by atoms with Crippen molar-refractivity contribution in [1.29, 1.82) is 0 Å². The molecule has 7 heteroatoms. The maximum Gasteiger partial charge on any atom is 0.257 e. The SMILES string of the molecule is CCCCc1nnc(NC(=O)c2ccc(F)c(F)c2)s1. The second-order valence-electron chi connectivity index (χ2n) is 4.19. The summed E-state index contributed by atoms with van der Waals surface area (Å²) in [6.07, 6.45) is 2.87. The highest BCUT2D eigenvalue weighted by Crippen LogP contribution is 2.18. The van der Waals surface area contributed by atoms with Gasteiger partial charge in [-0.1, -0.05) is 24.7 Å². The molecule has 106 valence electrons. The van der Waals surface area contributed by atoms with Gasteiger partial charge in [-0.05, 0) is 24.6 Å². The minimum atomic E-state index is -1.06. The minimum Gasteiger partial charge on any atom is -0.296 e. The first-order chi connectivity index (χ1) is 9.60. The van der Waals surface area contributed by atoms with Crippen LogP contribution in [-0.2, 0) is 6.42 Å². The normalized spacial score (nSPS) is 10.6. The summed E-state index contributed by atoms with van der Waals surface area (Å²) in [5.74, 6) is -2.58. The molecule has 0 aliphatic heterocycles. The molecule has 1 aromatic heterocycles. The Balaban J connectivity index is 2.03. The number of hydrogen-bond donors (Lipinski definition) is 1. The van der Waals surface area contributed by atoms with Crippen LogP contribution in [-0.4, -0.2) is 16.1 Å². The van der Waals surface area contributed by atoms with Crippen molar-refractivity contribution in [2.75, 3.05) is 5.32 Å². The number of rotatable bonds is 5. The van der Waals surface area contributed by atoms with E-state index in [0.29, 0.717) is 5.13 Å². The van der Waals surface area contributed by atoms with Gasteiger partial charge in [-0.25, -0.2) is 8.78 Å². The van der Waals surface area contributed by atoms with E-state index >= 15 is 0 Å². The fourth-order valence-corrected chi connectivity index (χ4v) is 2.32. The van der Waals surface area contributed by atoms with E-state index in [-0.39, 0.29) is 5.56 Å². The van der Waals surface area contributed by atoms with Crippen LogP contribution in [0.3, 0.4) is 0 Å². The van der Waals surface area contributed by atoms with Crippen molar-refractivity contribution in [3.05, 3.63) is 40.4 Å². The molecule has 0 aliphatic carbocycles.